The number of likely N-dealkylation sites (tertiary alicyclic amines) is 1. The Morgan fingerprint density at radius 3 is 2.32 bits per heavy atom. The molecule has 3 heterocycles. The van der Waals surface area contributed by atoms with E-state index in [9.17, 15) is 9.59 Å². The lowest BCUT2D eigenvalue weighted by Crippen LogP contribution is -2.53. The van der Waals surface area contributed by atoms with Gasteiger partial charge < -0.3 is 9.64 Å². The minimum absolute atomic E-state index is 0.0472. The lowest BCUT2D eigenvalue weighted by atomic mass is 10.0. The highest BCUT2D eigenvalue weighted by molar-refractivity contribution is 5.78. The highest BCUT2D eigenvalue weighted by Crippen LogP contribution is 2.29. The number of hydrogen-bond donors (Lipinski definition) is 0. The van der Waals surface area contributed by atoms with E-state index in [4.69, 9.17) is 4.74 Å². The Morgan fingerprint density at radius 2 is 1.77 bits per heavy atom. The van der Waals surface area contributed by atoms with Gasteiger partial charge in [0.25, 0.3) is 0 Å². The summed E-state index contributed by atoms with van der Waals surface area (Å²) in [6.45, 7) is 11.3. The molecule has 0 aromatic carbocycles. The summed E-state index contributed by atoms with van der Waals surface area (Å²) in [5.74, 6) is 0.665. The van der Waals surface area contributed by atoms with Crippen molar-refractivity contribution in [3.8, 4) is 0 Å². The zero-order valence-electron chi connectivity index (χ0n) is 13.8. The molecule has 0 saturated carbocycles. The molecule has 0 unspecified atom stereocenters. The molecule has 3 aliphatic heterocycles. The number of ether oxygens (including phenoxy) is 1. The first-order valence-corrected chi connectivity index (χ1v) is 8.40. The molecule has 3 saturated heterocycles. The third-order valence-electron chi connectivity index (χ3n) is 5.41. The van der Waals surface area contributed by atoms with Gasteiger partial charge in [0.1, 0.15) is 12.1 Å². The van der Waals surface area contributed by atoms with E-state index in [0.29, 0.717) is 12.0 Å². The standard InChI is InChI=1S/C16H27N3O3/c1-11-9-19(14-8-12(2)22-16(14)21)10-15(11)18-6-4-17(5-7-18)13(3)20/h11-12,14-15H,4-10H2,1-3H3/t11-,12-,14+,15+/m0/s1. The minimum Gasteiger partial charge on any atom is -0.461 e. The number of amides is 1. The van der Waals surface area contributed by atoms with Crippen LogP contribution in [0, 0.1) is 5.92 Å². The average Bonchev–Trinajstić information content (AvgIpc) is 3.01. The fraction of sp³-hybridized carbons (Fsp3) is 0.875. The number of carbonyl (C=O) groups excluding carboxylic acids is 2. The van der Waals surface area contributed by atoms with Crippen LogP contribution in [-0.4, -0.2) is 84.0 Å². The van der Waals surface area contributed by atoms with Gasteiger partial charge >= 0.3 is 5.97 Å². The van der Waals surface area contributed by atoms with Crippen LogP contribution in [-0.2, 0) is 14.3 Å². The van der Waals surface area contributed by atoms with Gasteiger partial charge in [-0.25, -0.2) is 0 Å². The molecule has 0 aromatic rings. The van der Waals surface area contributed by atoms with Crippen LogP contribution in [0.15, 0.2) is 0 Å². The van der Waals surface area contributed by atoms with Crippen LogP contribution in [0.1, 0.15) is 27.2 Å². The number of piperazine rings is 1. The quantitative estimate of drug-likeness (QED) is 0.681. The van der Waals surface area contributed by atoms with Crippen molar-refractivity contribution in [2.45, 2.75) is 45.4 Å². The third kappa shape index (κ3) is 2.99. The average molecular weight is 309 g/mol. The van der Waals surface area contributed by atoms with Crippen LogP contribution in [0.2, 0.25) is 0 Å². The molecule has 1 amide bonds. The Labute approximate surface area is 132 Å². The third-order valence-corrected chi connectivity index (χ3v) is 5.41. The molecule has 0 aromatic heterocycles. The summed E-state index contributed by atoms with van der Waals surface area (Å²) in [5, 5.41) is 0. The van der Waals surface area contributed by atoms with Gasteiger partial charge in [-0.05, 0) is 12.8 Å². The van der Waals surface area contributed by atoms with E-state index in [1.54, 1.807) is 6.92 Å². The molecule has 0 N–H and O–H groups in total. The molecule has 3 aliphatic rings. The summed E-state index contributed by atoms with van der Waals surface area (Å²) in [7, 11) is 0. The van der Waals surface area contributed by atoms with E-state index in [0.717, 1.165) is 45.7 Å². The molecule has 0 aliphatic carbocycles. The maximum absolute atomic E-state index is 12.0. The Morgan fingerprint density at radius 1 is 1.09 bits per heavy atom. The maximum Gasteiger partial charge on any atom is 0.323 e. The second kappa shape index (κ2) is 6.16. The van der Waals surface area contributed by atoms with Crippen molar-refractivity contribution in [1.82, 2.24) is 14.7 Å². The van der Waals surface area contributed by atoms with E-state index in [1.807, 2.05) is 11.8 Å². The van der Waals surface area contributed by atoms with E-state index in [-0.39, 0.29) is 24.0 Å². The predicted molar refractivity (Wildman–Crippen MR) is 82.3 cm³/mol. The Balaban J connectivity index is 1.58. The number of esters is 1. The second-order valence-electron chi connectivity index (χ2n) is 7.04. The van der Waals surface area contributed by atoms with Crippen molar-refractivity contribution in [2.75, 3.05) is 39.3 Å². The molecule has 3 rings (SSSR count). The minimum atomic E-state index is -0.0547. The highest BCUT2D eigenvalue weighted by Gasteiger charge is 2.43. The van der Waals surface area contributed by atoms with Crippen LogP contribution < -0.4 is 0 Å². The molecule has 6 heteroatoms. The van der Waals surface area contributed by atoms with Gasteiger partial charge in [0.05, 0.1) is 0 Å². The fourth-order valence-corrected chi connectivity index (χ4v) is 4.12. The van der Waals surface area contributed by atoms with Gasteiger partial charge in [-0.15, -0.1) is 0 Å². The molecule has 124 valence electrons. The molecule has 0 radical (unpaired) electrons. The van der Waals surface area contributed by atoms with Gasteiger partial charge in [-0.3, -0.25) is 19.4 Å². The van der Waals surface area contributed by atoms with Gasteiger partial charge in [0.2, 0.25) is 5.91 Å². The number of carbonyl (C=O) groups is 2. The van der Waals surface area contributed by atoms with Gasteiger partial charge in [-0.1, -0.05) is 6.92 Å². The van der Waals surface area contributed by atoms with E-state index >= 15 is 0 Å². The van der Waals surface area contributed by atoms with Crippen molar-refractivity contribution in [3.63, 3.8) is 0 Å². The normalized spacial score (nSPS) is 37.6. The number of nitrogens with zero attached hydrogens (tertiary/aromatic N) is 3. The lowest BCUT2D eigenvalue weighted by molar-refractivity contribution is -0.144. The van der Waals surface area contributed by atoms with E-state index < -0.39 is 0 Å². The summed E-state index contributed by atoms with van der Waals surface area (Å²) in [4.78, 5) is 30.1. The fourth-order valence-electron chi connectivity index (χ4n) is 4.12. The van der Waals surface area contributed by atoms with Crippen LogP contribution >= 0.6 is 0 Å². The van der Waals surface area contributed by atoms with Crippen LogP contribution in [0.25, 0.3) is 0 Å². The van der Waals surface area contributed by atoms with Crippen LogP contribution in [0.3, 0.4) is 0 Å². The number of hydrogen-bond acceptors (Lipinski definition) is 5. The van der Waals surface area contributed by atoms with E-state index in [1.165, 1.54) is 0 Å². The summed E-state index contributed by atoms with van der Waals surface area (Å²) >= 11 is 0. The lowest BCUT2D eigenvalue weighted by Gasteiger charge is -2.39. The van der Waals surface area contributed by atoms with Crippen molar-refractivity contribution in [1.29, 1.82) is 0 Å². The van der Waals surface area contributed by atoms with Crippen molar-refractivity contribution < 1.29 is 14.3 Å². The monoisotopic (exact) mass is 309 g/mol. The molecule has 6 nitrogen and oxygen atoms in total. The first-order valence-electron chi connectivity index (χ1n) is 8.40. The van der Waals surface area contributed by atoms with Crippen molar-refractivity contribution in [2.24, 2.45) is 5.92 Å². The highest BCUT2D eigenvalue weighted by atomic mass is 16.6. The zero-order chi connectivity index (χ0) is 15.9. The Hall–Kier alpha value is -1.14. The molecule has 3 fully saturated rings. The Bertz CT molecular complexity index is 448. The van der Waals surface area contributed by atoms with Crippen LogP contribution in [0.5, 0.6) is 0 Å². The van der Waals surface area contributed by atoms with Crippen LogP contribution in [0.4, 0.5) is 0 Å². The topological polar surface area (TPSA) is 53.1 Å². The first-order chi connectivity index (χ1) is 10.5. The summed E-state index contributed by atoms with van der Waals surface area (Å²) < 4.78 is 5.30. The number of cyclic esters (lactones) is 1. The first kappa shape index (κ1) is 15.7. The van der Waals surface area contributed by atoms with Gasteiger partial charge in [-0.2, -0.15) is 0 Å². The maximum atomic E-state index is 12.0. The largest absolute Gasteiger partial charge is 0.461 e. The summed E-state index contributed by atoms with van der Waals surface area (Å²) in [6.07, 6.45) is 0.863. The number of rotatable bonds is 2. The summed E-state index contributed by atoms with van der Waals surface area (Å²) in [5.41, 5.74) is 0. The molecule has 22 heavy (non-hydrogen) atoms. The van der Waals surface area contributed by atoms with Gasteiger partial charge in [0.15, 0.2) is 0 Å². The predicted octanol–water partition coefficient (Wildman–Crippen LogP) is 0.175. The second-order valence-corrected chi connectivity index (χ2v) is 7.04. The molecule has 4 atom stereocenters. The van der Waals surface area contributed by atoms with Crippen molar-refractivity contribution >= 4 is 11.9 Å². The van der Waals surface area contributed by atoms with Gasteiger partial charge in [0, 0.05) is 58.7 Å². The molecular weight excluding hydrogens is 282 g/mol. The van der Waals surface area contributed by atoms with Crippen molar-refractivity contribution in [3.05, 3.63) is 0 Å². The van der Waals surface area contributed by atoms with E-state index in [2.05, 4.69) is 16.7 Å². The smallest absolute Gasteiger partial charge is 0.323 e. The summed E-state index contributed by atoms with van der Waals surface area (Å²) in [6, 6.07) is 0.429. The molecule has 0 spiro atoms. The SMILES string of the molecule is CC(=O)N1CCN([C@@H]2CN([C@@H]3C[C@H](C)OC3=O)C[C@@H]2C)CC1. The molecule has 0 bridgehead atoms. The molecular formula is C16H27N3O3. The zero-order valence-corrected chi connectivity index (χ0v) is 13.8. The Kier molecular flexibility index (Phi) is 4.41.